The highest BCUT2D eigenvalue weighted by molar-refractivity contribution is 5.87. The molecule has 0 N–H and O–H groups in total. The first-order valence-electron chi connectivity index (χ1n) is 7.60. The van der Waals surface area contributed by atoms with E-state index in [1.54, 1.807) is 0 Å². The summed E-state index contributed by atoms with van der Waals surface area (Å²) < 4.78 is 5.93. The molecule has 22 heavy (non-hydrogen) atoms. The number of rotatable bonds is 2. The molecule has 0 fully saturated rings. The van der Waals surface area contributed by atoms with Gasteiger partial charge in [0, 0.05) is 5.56 Å². The van der Waals surface area contributed by atoms with Crippen LogP contribution in [0.4, 0.5) is 0 Å². The number of oxazole rings is 1. The zero-order valence-electron chi connectivity index (χ0n) is 12.7. The van der Waals surface area contributed by atoms with E-state index in [0.29, 0.717) is 11.8 Å². The van der Waals surface area contributed by atoms with Crippen molar-refractivity contribution in [2.75, 3.05) is 0 Å². The second-order valence-corrected chi connectivity index (χ2v) is 5.96. The normalized spacial score (nSPS) is 11.6. The molecular formula is C20H17NO. The van der Waals surface area contributed by atoms with Crippen molar-refractivity contribution >= 4 is 21.9 Å². The van der Waals surface area contributed by atoms with E-state index >= 15 is 0 Å². The van der Waals surface area contributed by atoms with Gasteiger partial charge in [-0.05, 0) is 46.5 Å². The van der Waals surface area contributed by atoms with Crippen molar-refractivity contribution in [3.05, 3.63) is 66.2 Å². The van der Waals surface area contributed by atoms with Gasteiger partial charge in [0.05, 0.1) is 0 Å². The Kier molecular flexibility index (Phi) is 2.97. The quantitative estimate of drug-likeness (QED) is 0.467. The zero-order valence-corrected chi connectivity index (χ0v) is 12.7. The summed E-state index contributed by atoms with van der Waals surface area (Å²) in [5, 5.41) is 2.43. The molecule has 1 aromatic heterocycles. The van der Waals surface area contributed by atoms with E-state index in [-0.39, 0.29) is 0 Å². The Morgan fingerprint density at radius 2 is 1.68 bits per heavy atom. The first-order chi connectivity index (χ1) is 10.7. The fourth-order valence-electron chi connectivity index (χ4n) is 2.75. The lowest BCUT2D eigenvalue weighted by atomic mass is 10.0. The van der Waals surface area contributed by atoms with Gasteiger partial charge >= 0.3 is 0 Å². The highest BCUT2D eigenvalue weighted by Gasteiger charge is 2.10. The lowest BCUT2D eigenvalue weighted by Gasteiger charge is -2.02. The monoisotopic (exact) mass is 287 g/mol. The van der Waals surface area contributed by atoms with Crippen LogP contribution in [0.5, 0.6) is 0 Å². The van der Waals surface area contributed by atoms with Crippen LogP contribution in [0.1, 0.15) is 25.3 Å². The van der Waals surface area contributed by atoms with Crippen molar-refractivity contribution in [2.24, 2.45) is 0 Å². The lowest BCUT2D eigenvalue weighted by Crippen LogP contribution is -1.85. The van der Waals surface area contributed by atoms with Gasteiger partial charge < -0.3 is 4.42 Å². The highest BCUT2D eigenvalue weighted by Crippen LogP contribution is 2.28. The average molecular weight is 287 g/mol. The van der Waals surface area contributed by atoms with Crippen molar-refractivity contribution < 1.29 is 4.42 Å². The topological polar surface area (TPSA) is 26.0 Å². The molecule has 2 nitrogen and oxygen atoms in total. The van der Waals surface area contributed by atoms with Crippen LogP contribution < -0.4 is 0 Å². The van der Waals surface area contributed by atoms with Gasteiger partial charge in [-0.3, -0.25) is 0 Å². The van der Waals surface area contributed by atoms with Gasteiger partial charge in [-0.1, -0.05) is 50.2 Å². The Bertz CT molecular complexity index is 966. The summed E-state index contributed by atoms with van der Waals surface area (Å²) in [5.41, 5.74) is 4.06. The van der Waals surface area contributed by atoms with Crippen LogP contribution in [0, 0.1) is 0 Å². The third-order valence-electron chi connectivity index (χ3n) is 4.07. The second-order valence-electron chi connectivity index (χ2n) is 5.96. The minimum absolute atomic E-state index is 0.491. The molecule has 4 aromatic rings. The second kappa shape index (κ2) is 4.99. The van der Waals surface area contributed by atoms with Gasteiger partial charge in [0.2, 0.25) is 5.89 Å². The fraction of sp³-hybridized carbons (Fsp3) is 0.150. The molecule has 0 amide bonds. The minimum atomic E-state index is 0.491. The van der Waals surface area contributed by atoms with Gasteiger partial charge in [0.1, 0.15) is 5.52 Å². The van der Waals surface area contributed by atoms with Crippen molar-refractivity contribution in [2.45, 2.75) is 19.8 Å². The van der Waals surface area contributed by atoms with E-state index in [1.165, 1.54) is 16.3 Å². The number of aromatic nitrogens is 1. The first kappa shape index (κ1) is 13.1. The third-order valence-corrected chi connectivity index (χ3v) is 4.07. The van der Waals surface area contributed by atoms with Gasteiger partial charge in [-0.25, -0.2) is 4.98 Å². The summed E-state index contributed by atoms with van der Waals surface area (Å²) in [4.78, 5) is 4.67. The molecule has 0 spiro atoms. The molecule has 3 aromatic carbocycles. The van der Waals surface area contributed by atoms with Gasteiger partial charge in [0.15, 0.2) is 5.58 Å². The van der Waals surface area contributed by atoms with E-state index in [9.17, 15) is 0 Å². The molecule has 1 heterocycles. The largest absolute Gasteiger partial charge is 0.436 e. The van der Waals surface area contributed by atoms with Crippen LogP contribution in [-0.2, 0) is 0 Å². The van der Waals surface area contributed by atoms with Crippen molar-refractivity contribution in [1.29, 1.82) is 0 Å². The molecule has 0 atom stereocenters. The molecular weight excluding hydrogens is 270 g/mol. The van der Waals surface area contributed by atoms with Crippen molar-refractivity contribution in [3.8, 4) is 11.5 Å². The van der Waals surface area contributed by atoms with Crippen LogP contribution in [-0.4, -0.2) is 4.98 Å². The molecule has 0 aliphatic rings. The van der Waals surface area contributed by atoms with Crippen LogP contribution >= 0.6 is 0 Å². The molecule has 0 aliphatic carbocycles. The molecule has 0 saturated carbocycles. The van der Waals surface area contributed by atoms with Crippen LogP contribution in [0.2, 0.25) is 0 Å². The van der Waals surface area contributed by atoms with Crippen LogP contribution in [0.3, 0.4) is 0 Å². The summed E-state index contributed by atoms with van der Waals surface area (Å²) in [6.45, 7) is 4.37. The summed E-state index contributed by atoms with van der Waals surface area (Å²) in [6, 6.07) is 20.9. The third kappa shape index (κ3) is 2.17. The average Bonchev–Trinajstić information content (AvgIpc) is 2.97. The standard InChI is InChI=1S/C20H17NO/c1-13(2)15-9-10-19-18(12-15)21-20(22-19)17-8-7-14-5-3-4-6-16(14)11-17/h3-13H,1-2H3. The summed E-state index contributed by atoms with van der Waals surface area (Å²) >= 11 is 0. The summed E-state index contributed by atoms with van der Waals surface area (Å²) in [5.74, 6) is 1.17. The number of fused-ring (bicyclic) bond motifs is 2. The Morgan fingerprint density at radius 1 is 0.864 bits per heavy atom. The van der Waals surface area contributed by atoms with Crippen LogP contribution in [0.25, 0.3) is 33.3 Å². The molecule has 0 bridgehead atoms. The Labute approximate surface area is 129 Å². The Hall–Kier alpha value is -2.61. The molecule has 0 aliphatic heterocycles. The maximum absolute atomic E-state index is 5.93. The maximum atomic E-state index is 5.93. The molecule has 4 rings (SSSR count). The van der Waals surface area contributed by atoms with E-state index in [4.69, 9.17) is 4.42 Å². The summed E-state index contributed by atoms with van der Waals surface area (Å²) in [6.07, 6.45) is 0. The van der Waals surface area contributed by atoms with E-state index in [0.717, 1.165) is 16.7 Å². The molecule has 0 unspecified atom stereocenters. The van der Waals surface area contributed by atoms with Gasteiger partial charge in [-0.2, -0.15) is 0 Å². The lowest BCUT2D eigenvalue weighted by molar-refractivity contribution is 0.620. The fourth-order valence-corrected chi connectivity index (χ4v) is 2.75. The number of benzene rings is 3. The van der Waals surface area contributed by atoms with Crippen LogP contribution in [0.15, 0.2) is 65.1 Å². The molecule has 0 radical (unpaired) electrons. The molecule has 2 heteroatoms. The van der Waals surface area contributed by atoms with E-state index < -0.39 is 0 Å². The minimum Gasteiger partial charge on any atom is -0.436 e. The zero-order chi connectivity index (χ0) is 15.1. The predicted molar refractivity (Wildman–Crippen MR) is 91.0 cm³/mol. The summed E-state index contributed by atoms with van der Waals surface area (Å²) in [7, 11) is 0. The highest BCUT2D eigenvalue weighted by atomic mass is 16.3. The van der Waals surface area contributed by atoms with Gasteiger partial charge in [0.25, 0.3) is 0 Å². The Balaban J connectivity index is 1.84. The number of hydrogen-bond acceptors (Lipinski definition) is 2. The first-order valence-corrected chi connectivity index (χ1v) is 7.60. The van der Waals surface area contributed by atoms with E-state index in [2.05, 4.69) is 67.4 Å². The molecule has 108 valence electrons. The number of hydrogen-bond donors (Lipinski definition) is 0. The van der Waals surface area contributed by atoms with Crippen molar-refractivity contribution in [3.63, 3.8) is 0 Å². The maximum Gasteiger partial charge on any atom is 0.227 e. The van der Waals surface area contributed by atoms with E-state index in [1.807, 2.05) is 12.1 Å². The number of nitrogens with zero attached hydrogens (tertiary/aromatic N) is 1. The smallest absolute Gasteiger partial charge is 0.227 e. The SMILES string of the molecule is CC(C)c1ccc2oc(-c3ccc4ccccc4c3)nc2c1. The predicted octanol–water partition coefficient (Wildman–Crippen LogP) is 5.77. The molecule has 0 saturated heterocycles. The van der Waals surface area contributed by atoms with Crippen molar-refractivity contribution in [1.82, 2.24) is 4.98 Å². The van der Waals surface area contributed by atoms with Gasteiger partial charge in [-0.15, -0.1) is 0 Å². The Morgan fingerprint density at radius 3 is 2.50 bits per heavy atom.